The normalized spacial score (nSPS) is 9.13. The van der Waals surface area contributed by atoms with Gasteiger partial charge in [0.2, 0.25) is 0 Å². The third-order valence-electron chi connectivity index (χ3n) is 1.88. The molecule has 1 aromatic heterocycles. The minimum absolute atomic E-state index is 0.129. The molecule has 1 aromatic rings. The first-order valence-electron chi connectivity index (χ1n) is 4.25. The lowest BCUT2D eigenvalue weighted by Gasteiger charge is -2.07. The van der Waals surface area contributed by atoms with Crippen LogP contribution in [-0.4, -0.2) is 18.1 Å². The van der Waals surface area contributed by atoms with Crippen LogP contribution in [0.3, 0.4) is 0 Å². The van der Waals surface area contributed by atoms with Gasteiger partial charge in [-0.3, -0.25) is 0 Å². The Morgan fingerprint density at radius 2 is 2.33 bits per heavy atom. The van der Waals surface area contributed by atoms with Gasteiger partial charge in [0.1, 0.15) is 0 Å². The Labute approximate surface area is 87.8 Å². The Morgan fingerprint density at radius 3 is 2.80 bits per heavy atom. The fourth-order valence-electron chi connectivity index (χ4n) is 1.24. The summed E-state index contributed by atoms with van der Waals surface area (Å²) < 4.78 is 4.57. The fraction of sp³-hybridized carbons (Fsp3) is 0.182. The summed E-state index contributed by atoms with van der Waals surface area (Å²) in [4.78, 5) is 15.3. The maximum atomic E-state index is 11.4. The van der Waals surface area contributed by atoms with Crippen LogP contribution < -0.4 is 0 Å². The van der Waals surface area contributed by atoms with Gasteiger partial charge in [-0.05, 0) is 18.6 Å². The number of nitriles is 1. The van der Waals surface area contributed by atoms with Crippen LogP contribution in [0, 0.1) is 11.3 Å². The molecule has 0 atom stereocenters. The molecule has 4 nitrogen and oxygen atoms in total. The van der Waals surface area contributed by atoms with Crippen molar-refractivity contribution in [2.45, 2.75) is 6.92 Å². The summed E-state index contributed by atoms with van der Waals surface area (Å²) in [5, 5.41) is 8.88. The Kier molecular flexibility index (Phi) is 3.19. The number of allylic oxidation sites excluding steroid dienone is 1. The lowest BCUT2D eigenvalue weighted by molar-refractivity contribution is 0.0593. The first-order valence-corrected chi connectivity index (χ1v) is 4.25. The average Bonchev–Trinajstić information content (AvgIpc) is 2.26. The van der Waals surface area contributed by atoms with Gasteiger partial charge in [-0.1, -0.05) is 6.58 Å². The minimum atomic E-state index is -0.565. The van der Waals surface area contributed by atoms with Crippen LogP contribution in [0.4, 0.5) is 0 Å². The van der Waals surface area contributed by atoms with Crippen molar-refractivity contribution in [2.24, 2.45) is 0 Å². The molecule has 0 aliphatic heterocycles. The largest absolute Gasteiger partial charge is 0.464 e. The second kappa shape index (κ2) is 4.38. The molecule has 1 heterocycles. The molecule has 0 aliphatic rings. The highest BCUT2D eigenvalue weighted by molar-refractivity contribution is 5.94. The van der Waals surface area contributed by atoms with Crippen LogP contribution in [0.5, 0.6) is 0 Å². The van der Waals surface area contributed by atoms with Crippen LogP contribution in [0.1, 0.15) is 28.5 Å². The summed E-state index contributed by atoms with van der Waals surface area (Å²) in [6.07, 6.45) is 1.40. The molecular weight excluding hydrogens is 192 g/mol. The third kappa shape index (κ3) is 2.02. The molecule has 0 saturated heterocycles. The SMILES string of the molecule is C=C(C)c1c(C#N)ccnc1C(=O)OC. The summed E-state index contributed by atoms with van der Waals surface area (Å²) in [5.41, 5.74) is 1.56. The average molecular weight is 202 g/mol. The number of carbonyl (C=O) groups excluding carboxylic acids is 1. The number of hydrogen-bond donors (Lipinski definition) is 0. The highest BCUT2D eigenvalue weighted by Gasteiger charge is 2.17. The molecule has 0 amide bonds. The lowest BCUT2D eigenvalue weighted by Crippen LogP contribution is -2.09. The summed E-state index contributed by atoms with van der Waals surface area (Å²) in [7, 11) is 1.27. The van der Waals surface area contributed by atoms with Crippen molar-refractivity contribution in [3.63, 3.8) is 0 Å². The van der Waals surface area contributed by atoms with Gasteiger partial charge in [-0.2, -0.15) is 5.26 Å². The summed E-state index contributed by atoms with van der Waals surface area (Å²) in [5.74, 6) is -0.565. The topological polar surface area (TPSA) is 63.0 Å². The number of aromatic nitrogens is 1. The van der Waals surface area contributed by atoms with Gasteiger partial charge in [0.25, 0.3) is 0 Å². The summed E-state index contributed by atoms with van der Waals surface area (Å²) >= 11 is 0. The van der Waals surface area contributed by atoms with Crippen LogP contribution in [0.2, 0.25) is 0 Å². The van der Waals surface area contributed by atoms with E-state index >= 15 is 0 Å². The molecule has 76 valence electrons. The molecule has 0 aliphatic carbocycles. The lowest BCUT2D eigenvalue weighted by atomic mass is 10.0. The van der Waals surface area contributed by atoms with Gasteiger partial charge in [-0.25, -0.2) is 9.78 Å². The number of esters is 1. The molecule has 0 fully saturated rings. The first kappa shape index (κ1) is 10.9. The van der Waals surface area contributed by atoms with E-state index in [4.69, 9.17) is 5.26 Å². The number of methoxy groups -OCH3 is 1. The van der Waals surface area contributed by atoms with Gasteiger partial charge in [0.05, 0.1) is 18.7 Å². The van der Waals surface area contributed by atoms with Crippen molar-refractivity contribution in [1.82, 2.24) is 4.98 Å². The maximum absolute atomic E-state index is 11.4. The van der Waals surface area contributed by atoms with Crippen molar-refractivity contribution in [2.75, 3.05) is 7.11 Å². The number of pyridine rings is 1. The number of ether oxygens (including phenoxy) is 1. The molecule has 0 bridgehead atoms. The molecule has 15 heavy (non-hydrogen) atoms. The predicted octanol–water partition coefficient (Wildman–Crippen LogP) is 1.77. The second-order valence-corrected chi connectivity index (χ2v) is 2.97. The molecule has 0 unspecified atom stereocenters. The van der Waals surface area contributed by atoms with E-state index in [0.29, 0.717) is 16.7 Å². The molecule has 0 aromatic carbocycles. The van der Waals surface area contributed by atoms with Gasteiger partial charge < -0.3 is 4.74 Å². The Balaban J connectivity index is 3.47. The predicted molar refractivity (Wildman–Crippen MR) is 55.0 cm³/mol. The highest BCUT2D eigenvalue weighted by atomic mass is 16.5. The number of hydrogen-bond acceptors (Lipinski definition) is 4. The smallest absolute Gasteiger partial charge is 0.357 e. The van der Waals surface area contributed by atoms with Gasteiger partial charge in [0, 0.05) is 11.8 Å². The standard InChI is InChI=1S/C11H10N2O2/c1-7(2)9-8(6-12)4-5-13-10(9)11(14)15-3/h4-5H,1H2,2-3H3. The minimum Gasteiger partial charge on any atom is -0.464 e. The summed E-state index contributed by atoms with van der Waals surface area (Å²) in [6.45, 7) is 5.43. The molecule has 1 rings (SSSR count). The van der Waals surface area contributed by atoms with Crippen LogP contribution in [0.25, 0.3) is 5.57 Å². The molecular formula is C11H10N2O2. The number of carbonyl (C=O) groups is 1. The number of nitrogens with zero attached hydrogens (tertiary/aromatic N) is 2. The van der Waals surface area contributed by atoms with Crippen LogP contribution in [0.15, 0.2) is 18.8 Å². The second-order valence-electron chi connectivity index (χ2n) is 2.97. The van der Waals surface area contributed by atoms with Crippen molar-refractivity contribution < 1.29 is 9.53 Å². The van der Waals surface area contributed by atoms with Gasteiger partial charge >= 0.3 is 5.97 Å². The first-order chi connectivity index (χ1) is 7.11. The van der Waals surface area contributed by atoms with E-state index < -0.39 is 5.97 Å². The molecule has 0 N–H and O–H groups in total. The van der Waals surface area contributed by atoms with E-state index in [1.54, 1.807) is 6.92 Å². The fourth-order valence-corrected chi connectivity index (χ4v) is 1.24. The zero-order valence-electron chi connectivity index (χ0n) is 8.57. The van der Waals surface area contributed by atoms with Crippen molar-refractivity contribution >= 4 is 11.5 Å². The quantitative estimate of drug-likeness (QED) is 0.685. The number of rotatable bonds is 2. The van der Waals surface area contributed by atoms with Crippen molar-refractivity contribution in [1.29, 1.82) is 5.26 Å². The van der Waals surface area contributed by atoms with Crippen molar-refractivity contribution in [3.05, 3.63) is 35.7 Å². The zero-order valence-corrected chi connectivity index (χ0v) is 8.57. The Morgan fingerprint density at radius 1 is 1.67 bits per heavy atom. The molecule has 4 heteroatoms. The highest BCUT2D eigenvalue weighted by Crippen LogP contribution is 2.20. The summed E-state index contributed by atoms with van der Waals surface area (Å²) in [6, 6.07) is 3.53. The van der Waals surface area contributed by atoms with E-state index in [1.807, 2.05) is 6.07 Å². The maximum Gasteiger partial charge on any atom is 0.357 e. The van der Waals surface area contributed by atoms with Gasteiger partial charge in [0.15, 0.2) is 5.69 Å². The zero-order chi connectivity index (χ0) is 11.4. The molecule has 0 saturated carbocycles. The Hall–Kier alpha value is -2.15. The van der Waals surface area contributed by atoms with E-state index in [9.17, 15) is 4.79 Å². The van der Waals surface area contributed by atoms with Crippen LogP contribution >= 0.6 is 0 Å². The Bertz CT molecular complexity index is 458. The van der Waals surface area contributed by atoms with E-state index in [-0.39, 0.29) is 5.69 Å². The molecule has 0 spiro atoms. The van der Waals surface area contributed by atoms with Crippen LogP contribution in [-0.2, 0) is 4.74 Å². The monoisotopic (exact) mass is 202 g/mol. The van der Waals surface area contributed by atoms with E-state index in [0.717, 1.165) is 0 Å². The van der Waals surface area contributed by atoms with Crippen molar-refractivity contribution in [3.8, 4) is 6.07 Å². The third-order valence-corrected chi connectivity index (χ3v) is 1.88. The van der Waals surface area contributed by atoms with Gasteiger partial charge in [-0.15, -0.1) is 0 Å². The van der Waals surface area contributed by atoms with E-state index in [1.165, 1.54) is 19.4 Å². The molecule has 0 radical (unpaired) electrons. The van der Waals surface area contributed by atoms with E-state index in [2.05, 4.69) is 16.3 Å².